The first kappa shape index (κ1) is 19.3. The van der Waals surface area contributed by atoms with Crippen LogP contribution in [0.5, 0.6) is 0 Å². The van der Waals surface area contributed by atoms with Gasteiger partial charge in [-0.1, -0.05) is 0 Å². The smallest absolute Gasteiger partial charge is 0.234 e. The first-order valence-corrected chi connectivity index (χ1v) is 9.91. The number of nitrogens with zero attached hydrogens (tertiary/aromatic N) is 5. The fourth-order valence-corrected chi connectivity index (χ4v) is 4.00. The van der Waals surface area contributed by atoms with E-state index in [2.05, 4.69) is 20.3 Å². The molecule has 1 saturated heterocycles. The molecule has 0 saturated carbocycles. The summed E-state index contributed by atoms with van der Waals surface area (Å²) in [7, 11) is 0. The predicted octanol–water partition coefficient (Wildman–Crippen LogP) is 1.95. The molecule has 1 N–H and O–H groups in total. The van der Waals surface area contributed by atoms with Crippen molar-refractivity contribution in [3.63, 3.8) is 0 Å². The van der Waals surface area contributed by atoms with E-state index in [1.807, 2.05) is 14.8 Å². The van der Waals surface area contributed by atoms with Crippen molar-refractivity contribution in [2.75, 3.05) is 26.2 Å². The Hall–Kier alpha value is -2.98. The van der Waals surface area contributed by atoms with Gasteiger partial charge in [-0.05, 0) is 12.1 Å². The average molecular weight is 416 g/mol. The van der Waals surface area contributed by atoms with Crippen LogP contribution >= 0.6 is 11.3 Å². The van der Waals surface area contributed by atoms with Gasteiger partial charge in [0.05, 0.1) is 18.4 Å². The predicted molar refractivity (Wildman–Crippen MR) is 104 cm³/mol. The average Bonchev–Trinajstić information content (AvgIpc) is 3.12. The molecule has 0 unspecified atom stereocenters. The van der Waals surface area contributed by atoms with Gasteiger partial charge in [-0.2, -0.15) is 0 Å². The monoisotopic (exact) mass is 416 g/mol. The molecule has 1 fully saturated rings. The van der Waals surface area contributed by atoms with Gasteiger partial charge in [-0.3, -0.25) is 19.7 Å². The van der Waals surface area contributed by atoms with Gasteiger partial charge in [0.1, 0.15) is 17.2 Å². The van der Waals surface area contributed by atoms with Crippen molar-refractivity contribution < 1.29 is 13.6 Å². The summed E-state index contributed by atoms with van der Waals surface area (Å²) < 4.78 is 29.2. The van der Waals surface area contributed by atoms with Gasteiger partial charge in [0, 0.05) is 50.0 Å². The van der Waals surface area contributed by atoms with E-state index in [1.165, 1.54) is 23.5 Å². The van der Waals surface area contributed by atoms with Gasteiger partial charge in [-0.25, -0.2) is 13.8 Å². The molecule has 0 spiro atoms. The number of piperazine rings is 1. The Bertz CT molecular complexity index is 1080. The molecule has 29 heavy (non-hydrogen) atoms. The highest BCUT2D eigenvalue weighted by atomic mass is 32.1. The number of carbonyl (C=O) groups is 1. The Balaban J connectivity index is 1.70. The molecule has 3 heterocycles. The molecule has 0 atom stereocenters. The Morgan fingerprint density at radius 2 is 2.14 bits per heavy atom. The van der Waals surface area contributed by atoms with Gasteiger partial charge >= 0.3 is 0 Å². The maximum atomic E-state index is 14.1. The Kier molecular flexibility index (Phi) is 5.72. The molecular formula is C19H18F2N6OS. The fraction of sp³-hybridized carbons (Fsp3) is 0.263. The molecule has 4 rings (SSSR count). The van der Waals surface area contributed by atoms with Crippen molar-refractivity contribution in [1.82, 2.24) is 24.8 Å². The van der Waals surface area contributed by atoms with E-state index in [0.29, 0.717) is 36.7 Å². The SMILES string of the molecule is O=C1CN(CCn2c(-c3cnccn3)csc2=Nc2ccc(F)cc2F)CCN1. The summed E-state index contributed by atoms with van der Waals surface area (Å²) in [4.78, 5) is 27.1. The van der Waals surface area contributed by atoms with Gasteiger partial charge in [0.2, 0.25) is 5.91 Å². The highest BCUT2D eigenvalue weighted by molar-refractivity contribution is 7.07. The van der Waals surface area contributed by atoms with Crippen molar-refractivity contribution in [3.05, 3.63) is 58.6 Å². The Morgan fingerprint density at radius 1 is 1.24 bits per heavy atom. The largest absolute Gasteiger partial charge is 0.354 e. The molecule has 1 aliphatic heterocycles. The van der Waals surface area contributed by atoms with E-state index in [0.717, 1.165) is 18.3 Å². The van der Waals surface area contributed by atoms with Gasteiger partial charge < -0.3 is 9.88 Å². The van der Waals surface area contributed by atoms with E-state index in [1.54, 1.807) is 18.6 Å². The lowest BCUT2D eigenvalue weighted by molar-refractivity contribution is -0.124. The number of nitrogens with one attached hydrogen (secondary N) is 1. The summed E-state index contributed by atoms with van der Waals surface area (Å²) >= 11 is 1.34. The van der Waals surface area contributed by atoms with Crippen LogP contribution in [0.3, 0.4) is 0 Å². The zero-order valence-corrected chi connectivity index (χ0v) is 16.2. The van der Waals surface area contributed by atoms with Crippen molar-refractivity contribution in [2.45, 2.75) is 6.54 Å². The van der Waals surface area contributed by atoms with Gasteiger partial charge in [-0.15, -0.1) is 11.3 Å². The van der Waals surface area contributed by atoms with E-state index >= 15 is 0 Å². The Morgan fingerprint density at radius 3 is 2.90 bits per heavy atom. The minimum Gasteiger partial charge on any atom is -0.354 e. The molecule has 0 bridgehead atoms. The lowest BCUT2D eigenvalue weighted by Gasteiger charge is -2.26. The quantitative estimate of drug-likeness (QED) is 0.690. The summed E-state index contributed by atoms with van der Waals surface area (Å²) in [6.45, 7) is 2.86. The molecule has 0 radical (unpaired) electrons. The minimum atomic E-state index is -0.723. The van der Waals surface area contributed by atoms with Crippen LogP contribution in [0.2, 0.25) is 0 Å². The Labute approximate surface area is 169 Å². The summed E-state index contributed by atoms with van der Waals surface area (Å²) in [6.07, 6.45) is 4.84. The molecule has 2 aromatic heterocycles. The fourth-order valence-electron chi connectivity index (χ4n) is 3.07. The summed E-state index contributed by atoms with van der Waals surface area (Å²) in [5, 5.41) is 4.68. The van der Waals surface area contributed by atoms with Crippen LogP contribution < -0.4 is 10.1 Å². The van der Waals surface area contributed by atoms with Crippen LogP contribution in [-0.2, 0) is 11.3 Å². The molecule has 1 aliphatic rings. The van der Waals surface area contributed by atoms with E-state index in [4.69, 9.17) is 0 Å². The highest BCUT2D eigenvalue weighted by Crippen LogP contribution is 2.20. The number of hydrogen-bond acceptors (Lipinski definition) is 6. The number of aromatic nitrogens is 3. The van der Waals surface area contributed by atoms with Crippen LogP contribution in [-0.4, -0.2) is 51.5 Å². The summed E-state index contributed by atoms with van der Waals surface area (Å²) in [5.41, 5.74) is 1.53. The van der Waals surface area contributed by atoms with Gasteiger partial charge in [0.15, 0.2) is 10.6 Å². The second-order valence-electron chi connectivity index (χ2n) is 6.48. The summed E-state index contributed by atoms with van der Waals surface area (Å²) in [6, 6.07) is 3.30. The first-order chi connectivity index (χ1) is 14.1. The lowest BCUT2D eigenvalue weighted by Crippen LogP contribution is -2.48. The lowest BCUT2D eigenvalue weighted by atomic mass is 10.3. The molecular weight excluding hydrogens is 398 g/mol. The van der Waals surface area contributed by atoms with Crippen molar-refractivity contribution >= 4 is 22.9 Å². The third-order valence-electron chi connectivity index (χ3n) is 4.51. The standard InChI is InChI=1S/C19H18F2N6OS/c20-13-1-2-15(14(21)9-13)25-19-27(8-7-26-6-5-24-18(28)11-26)17(12-29-19)16-10-22-3-4-23-16/h1-4,9-10,12H,5-8,11H2,(H,24,28). The number of benzene rings is 1. The van der Waals surface area contributed by atoms with Crippen LogP contribution in [0.1, 0.15) is 0 Å². The number of rotatable bonds is 5. The third-order valence-corrected chi connectivity index (χ3v) is 5.37. The summed E-state index contributed by atoms with van der Waals surface area (Å²) in [5.74, 6) is -1.37. The number of carbonyl (C=O) groups excluding carboxylic acids is 1. The van der Waals surface area contributed by atoms with E-state index < -0.39 is 11.6 Å². The molecule has 1 amide bonds. The minimum absolute atomic E-state index is 0.000914. The first-order valence-electron chi connectivity index (χ1n) is 9.04. The zero-order chi connectivity index (χ0) is 20.2. The molecule has 3 aromatic rings. The van der Waals surface area contributed by atoms with Crippen LogP contribution in [0.4, 0.5) is 14.5 Å². The molecule has 10 heteroatoms. The van der Waals surface area contributed by atoms with Crippen LogP contribution in [0.25, 0.3) is 11.4 Å². The maximum Gasteiger partial charge on any atom is 0.234 e. The molecule has 1 aromatic carbocycles. The molecule has 0 aliphatic carbocycles. The highest BCUT2D eigenvalue weighted by Gasteiger charge is 2.17. The zero-order valence-electron chi connectivity index (χ0n) is 15.4. The molecule has 150 valence electrons. The van der Waals surface area contributed by atoms with Gasteiger partial charge in [0.25, 0.3) is 0 Å². The van der Waals surface area contributed by atoms with Crippen LogP contribution in [0, 0.1) is 11.6 Å². The second kappa shape index (κ2) is 8.58. The number of hydrogen-bond donors (Lipinski definition) is 1. The van der Waals surface area contributed by atoms with Crippen molar-refractivity contribution in [3.8, 4) is 11.4 Å². The van der Waals surface area contributed by atoms with E-state index in [9.17, 15) is 13.6 Å². The second-order valence-corrected chi connectivity index (χ2v) is 7.32. The normalized spacial score (nSPS) is 15.5. The topological polar surface area (TPSA) is 75.4 Å². The number of amides is 1. The third kappa shape index (κ3) is 4.54. The van der Waals surface area contributed by atoms with Crippen molar-refractivity contribution in [1.29, 1.82) is 0 Å². The number of thiazole rings is 1. The van der Waals surface area contributed by atoms with Crippen molar-refractivity contribution in [2.24, 2.45) is 4.99 Å². The molecule has 7 nitrogen and oxygen atoms in total. The van der Waals surface area contributed by atoms with E-state index in [-0.39, 0.29) is 11.6 Å². The van der Waals surface area contributed by atoms with Crippen LogP contribution in [0.15, 0.2) is 47.2 Å². The number of halogens is 2. The maximum absolute atomic E-state index is 14.1.